The van der Waals surface area contributed by atoms with E-state index in [1.54, 1.807) is 0 Å². The summed E-state index contributed by atoms with van der Waals surface area (Å²) in [6, 6.07) is 5.31. The molecular weight excluding hydrogens is 287 g/mol. The summed E-state index contributed by atoms with van der Waals surface area (Å²) in [5.41, 5.74) is 0.441. The van der Waals surface area contributed by atoms with Gasteiger partial charge in [0.25, 0.3) is 0 Å². The number of nitrogens with one attached hydrogen (secondary N) is 2. The first kappa shape index (κ1) is 17.8. The number of aliphatic hydroxyl groups is 1. The summed E-state index contributed by atoms with van der Waals surface area (Å²) in [4.78, 5) is 23.0. The molecule has 0 aliphatic carbocycles. The van der Waals surface area contributed by atoms with Gasteiger partial charge in [-0.3, -0.25) is 9.59 Å². The Hall–Kier alpha value is -2.21. The molecule has 2 amide bonds. The van der Waals surface area contributed by atoms with Crippen LogP contribution in [0.2, 0.25) is 0 Å². The Balaban J connectivity index is 2.32. The molecule has 0 aromatic heterocycles. The van der Waals surface area contributed by atoms with Gasteiger partial charge in [0, 0.05) is 24.4 Å². The van der Waals surface area contributed by atoms with Crippen molar-refractivity contribution in [3.8, 4) is 0 Å². The van der Waals surface area contributed by atoms with Gasteiger partial charge in [0.2, 0.25) is 11.8 Å². The third kappa shape index (κ3) is 6.99. The van der Waals surface area contributed by atoms with Gasteiger partial charge in [-0.15, -0.1) is 0 Å². The number of hydrogen-bond donors (Lipinski definition) is 3. The predicted molar refractivity (Wildman–Crippen MR) is 82.6 cm³/mol. The van der Waals surface area contributed by atoms with Gasteiger partial charge in [0.1, 0.15) is 5.82 Å². The van der Waals surface area contributed by atoms with E-state index in [9.17, 15) is 19.1 Å². The number of carbonyl (C=O) groups is 2. The summed E-state index contributed by atoms with van der Waals surface area (Å²) >= 11 is 0. The van der Waals surface area contributed by atoms with E-state index in [2.05, 4.69) is 10.6 Å². The Kier molecular flexibility index (Phi) is 7.25. The molecule has 0 saturated carbocycles. The molecule has 0 radical (unpaired) electrons. The SMILES string of the molecule is CC(C)C(O)CCNC(=O)/C=C/C(=O)Nc1ccc(F)cc1. The quantitative estimate of drug-likeness (QED) is 0.673. The summed E-state index contributed by atoms with van der Waals surface area (Å²) in [5.74, 6) is -1.15. The number of rotatable bonds is 7. The van der Waals surface area contributed by atoms with Crippen LogP contribution in [0.1, 0.15) is 20.3 Å². The standard InChI is InChI=1S/C16H21FN2O3/c1-11(2)14(20)9-10-18-15(21)7-8-16(22)19-13-5-3-12(17)4-6-13/h3-8,11,14,20H,9-10H2,1-2H3,(H,18,21)(H,19,22)/b8-7+. The second-order valence-corrected chi connectivity index (χ2v) is 5.22. The highest BCUT2D eigenvalue weighted by Crippen LogP contribution is 2.08. The van der Waals surface area contributed by atoms with E-state index < -0.39 is 23.7 Å². The molecule has 1 atom stereocenters. The minimum Gasteiger partial charge on any atom is -0.393 e. The summed E-state index contributed by atoms with van der Waals surface area (Å²) in [6.45, 7) is 4.13. The second-order valence-electron chi connectivity index (χ2n) is 5.22. The smallest absolute Gasteiger partial charge is 0.248 e. The maximum Gasteiger partial charge on any atom is 0.248 e. The molecule has 1 aromatic carbocycles. The summed E-state index contributed by atoms with van der Waals surface area (Å²) in [5, 5.41) is 14.7. The van der Waals surface area contributed by atoms with Crippen molar-refractivity contribution in [2.45, 2.75) is 26.4 Å². The lowest BCUT2D eigenvalue weighted by atomic mass is 10.0. The van der Waals surface area contributed by atoms with Crippen molar-refractivity contribution < 1.29 is 19.1 Å². The van der Waals surface area contributed by atoms with Gasteiger partial charge in [-0.25, -0.2) is 4.39 Å². The monoisotopic (exact) mass is 308 g/mol. The van der Waals surface area contributed by atoms with Crippen LogP contribution in [0, 0.1) is 11.7 Å². The topological polar surface area (TPSA) is 78.4 Å². The Morgan fingerprint density at radius 3 is 2.36 bits per heavy atom. The fourth-order valence-corrected chi connectivity index (χ4v) is 1.60. The molecule has 22 heavy (non-hydrogen) atoms. The average molecular weight is 308 g/mol. The molecule has 5 nitrogen and oxygen atoms in total. The molecule has 1 unspecified atom stereocenters. The maximum atomic E-state index is 12.7. The summed E-state index contributed by atoms with van der Waals surface area (Å²) in [7, 11) is 0. The van der Waals surface area contributed by atoms with Gasteiger partial charge < -0.3 is 15.7 Å². The van der Waals surface area contributed by atoms with Crippen LogP contribution in [-0.2, 0) is 9.59 Å². The van der Waals surface area contributed by atoms with E-state index in [1.165, 1.54) is 24.3 Å². The van der Waals surface area contributed by atoms with Gasteiger partial charge in [-0.1, -0.05) is 13.8 Å². The lowest BCUT2D eigenvalue weighted by Gasteiger charge is -2.13. The maximum absolute atomic E-state index is 12.7. The van der Waals surface area contributed by atoms with E-state index in [0.29, 0.717) is 18.7 Å². The Morgan fingerprint density at radius 1 is 1.18 bits per heavy atom. The van der Waals surface area contributed by atoms with Crippen LogP contribution in [0.5, 0.6) is 0 Å². The molecule has 6 heteroatoms. The van der Waals surface area contributed by atoms with Gasteiger partial charge in [-0.2, -0.15) is 0 Å². The van der Waals surface area contributed by atoms with Crippen LogP contribution in [0.25, 0.3) is 0 Å². The van der Waals surface area contributed by atoms with Gasteiger partial charge in [0.15, 0.2) is 0 Å². The molecule has 0 fully saturated rings. The minimum absolute atomic E-state index is 0.133. The number of anilines is 1. The molecular formula is C16H21FN2O3. The lowest BCUT2D eigenvalue weighted by Crippen LogP contribution is -2.27. The van der Waals surface area contributed by atoms with E-state index in [-0.39, 0.29) is 5.92 Å². The van der Waals surface area contributed by atoms with Crippen molar-refractivity contribution in [1.29, 1.82) is 0 Å². The van der Waals surface area contributed by atoms with Crippen molar-refractivity contribution in [1.82, 2.24) is 5.32 Å². The average Bonchev–Trinajstić information content (AvgIpc) is 2.47. The van der Waals surface area contributed by atoms with Crippen molar-refractivity contribution >= 4 is 17.5 Å². The van der Waals surface area contributed by atoms with Crippen molar-refractivity contribution in [2.75, 3.05) is 11.9 Å². The van der Waals surface area contributed by atoms with E-state index >= 15 is 0 Å². The van der Waals surface area contributed by atoms with E-state index in [4.69, 9.17) is 0 Å². The normalized spacial score (nSPS) is 12.4. The zero-order valence-electron chi connectivity index (χ0n) is 12.7. The highest BCUT2D eigenvalue weighted by molar-refractivity contribution is 6.03. The molecule has 0 aliphatic rings. The highest BCUT2D eigenvalue weighted by atomic mass is 19.1. The first-order valence-corrected chi connectivity index (χ1v) is 7.09. The highest BCUT2D eigenvalue weighted by Gasteiger charge is 2.08. The predicted octanol–water partition coefficient (Wildman–Crippen LogP) is 1.84. The molecule has 0 aliphatic heterocycles. The van der Waals surface area contributed by atoms with Gasteiger partial charge >= 0.3 is 0 Å². The van der Waals surface area contributed by atoms with Crippen LogP contribution in [0.3, 0.4) is 0 Å². The molecule has 0 heterocycles. The van der Waals surface area contributed by atoms with Crippen molar-refractivity contribution in [3.05, 3.63) is 42.2 Å². The van der Waals surface area contributed by atoms with Crippen molar-refractivity contribution in [2.24, 2.45) is 5.92 Å². The molecule has 1 rings (SSSR count). The third-order valence-electron chi connectivity index (χ3n) is 3.01. The first-order chi connectivity index (χ1) is 10.4. The third-order valence-corrected chi connectivity index (χ3v) is 3.01. The number of benzene rings is 1. The molecule has 0 spiro atoms. The van der Waals surface area contributed by atoms with Gasteiger partial charge in [0.05, 0.1) is 6.10 Å². The largest absolute Gasteiger partial charge is 0.393 e. The molecule has 120 valence electrons. The molecule has 1 aromatic rings. The fraction of sp³-hybridized carbons (Fsp3) is 0.375. The summed E-state index contributed by atoms with van der Waals surface area (Å²) in [6.07, 6.45) is 2.20. The van der Waals surface area contributed by atoms with Crippen LogP contribution in [-0.4, -0.2) is 29.6 Å². The van der Waals surface area contributed by atoms with Crippen LogP contribution < -0.4 is 10.6 Å². The van der Waals surface area contributed by atoms with E-state index in [0.717, 1.165) is 12.2 Å². The lowest BCUT2D eigenvalue weighted by molar-refractivity contribution is -0.117. The van der Waals surface area contributed by atoms with Crippen molar-refractivity contribution in [3.63, 3.8) is 0 Å². The van der Waals surface area contributed by atoms with Crippen LogP contribution >= 0.6 is 0 Å². The zero-order valence-corrected chi connectivity index (χ0v) is 12.7. The Morgan fingerprint density at radius 2 is 1.77 bits per heavy atom. The Bertz CT molecular complexity index is 527. The molecule has 0 saturated heterocycles. The zero-order chi connectivity index (χ0) is 16.5. The number of amides is 2. The number of aliphatic hydroxyl groups excluding tert-OH is 1. The number of carbonyl (C=O) groups excluding carboxylic acids is 2. The summed E-state index contributed by atoms with van der Waals surface area (Å²) < 4.78 is 12.7. The number of halogens is 1. The Labute approximate surface area is 129 Å². The van der Waals surface area contributed by atoms with Crippen LogP contribution in [0.15, 0.2) is 36.4 Å². The first-order valence-electron chi connectivity index (χ1n) is 7.09. The van der Waals surface area contributed by atoms with E-state index in [1.807, 2.05) is 13.8 Å². The minimum atomic E-state index is -0.482. The van der Waals surface area contributed by atoms with Crippen LogP contribution in [0.4, 0.5) is 10.1 Å². The molecule has 3 N–H and O–H groups in total. The second kappa shape index (κ2) is 8.94. The number of hydrogen-bond acceptors (Lipinski definition) is 3. The molecule has 0 bridgehead atoms. The van der Waals surface area contributed by atoms with Gasteiger partial charge in [-0.05, 0) is 36.6 Å². The fourth-order valence-electron chi connectivity index (χ4n) is 1.60.